The van der Waals surface area contributed by atoms with Gasteiger partial charge in [-0.3, -0.25) is 14.4 Å². The van der Waals surface area contributed by atoms with Gasteiger partial charge in [0.1, 0.15) is 17.1 Å². The van der Waals surface area contributed by atoms with Crippen molar-refractivity contribution in [3.05, 3.63) is 55.3 Å². The van der Waals surface area contributed by atoms with Crippen molar-refractivity contribution in [2.24, 2.45) is 0 Å². The highest BCUT2D eigenvalue weighted by atomic mass is 79.9. The third-order valence-corrected chi connectivity index (χ3v) is 6.08. The minimum absolute atomic E-state index is 0.0144. The molecule has 1 aromatic heterocycles. The molecule has 3 aromatic rings. The van der Waals surface area contributed by atoms with Gasteiger partial charge in [0.2, 0.25) is 11.8 Å². The van der Waals surface area contributed by atoms with Gasteiger partial charge >= 0.3 is 17.6 Å². The summed E-state index contributed by atoms with van der Waals surface area (Å²) in [7, 11) is 0. The number of nitrogens with zero attached hydrogens (tertiary/aromatic N) is 1. The van der Waals surface area contributed by atoms with E-state index >= 15 is 0 Å². The largest absolute Gasteiger partial charge is 0.462 e. The summed E-state index contributed by atoms with van der Waals surface area (Å²) in [5.74, 6) is -2.66. The number of benzene rings is 2. The summed E-state index contributed by atoms with van der Waals surface area (Å²) in [5, 5.41) is 0.194. The van der Waals surface area contributed by atoms with Crippen LogP contribution in [0.1, 0.15) is 38.1 Å². The van der Waals surface area contributed by atoms with E-state index in [0.717, 1.165) is 4.90 Å². The highest BCUT2D eigenvalue weighted by molar-refractivity contribution is 9.11. The average Bonchev–Trinajstić information content (AvgIpc) is 2.77. The highest BCUT2D eigenvalue weighted by Gasteiger charge is 2.28. The van der Waals surface area contributed by atoms with Crippen LogP contribution in [0.3, 0.4) is 0 Å². The molecule has 0 atom stereocenters. The van der Waals surface area contributed by atoms with Gasteiger partial charge in [-0.25, -0.2) is 14.5 Å². The Bertz CT molecular complexity index is 1450. The lowest BCUT2D eigenvalue weighted by atomic mass is 10.1. The lowest BCUT2D eigenvalue weighted by Crippen LogP contribution is -2.33. The zero-order valence-corrected chi connectivity index (χ0v) is 22.6. The highest BCUT2D eigenvalue weighted by Crippen LogP contribution is 2.44. The summed E-state index contributed by atoms with van der Waals surface area (Å²) in [6.45, 7) is 5.22. The van der Waals surface area contributed by atoms with Gasteiger partial charge in [0.05, 0.1) is 22.2 Å². The molecule has 2 amide bonds. The number of halogens is 2. The first-order valence-electron chi connectivity index (χ1n) is 10.4. The van der Waals surface area contributed by atoms with Crippen LogP contribution in [-0.2, 0) is 19.1 Å². The second-order valence-electron chi connectivity index (χ2n) is 7.25. The summed E-state index contributed by atoms with van der Waals surface area (Å²) >= 11 is 6.69. The smallest absolute Gasteiger partial charge is 0.354 e. The fraction of sp³-hybridized carbons (Fsp3) is 0.208. The number of fused-ring (bicyclic) bond motifs is 1. The van der Waals surface area contributed by atoms with E-state index in [-0.39, 0.29) is 45.0 Å². The molecule has 0 radical (unpaired) electrons. The molecule has 3 rings (SSSR count). The molecule has 10 nitrogen and oxygen atoms in total. The summed E-state index contributed by atoms with van der Waals surface area (Å²) in [6.07, 6.45) is 0. The number of amides is 2. The van der Waals surface area contributed by atoms with E-state index in [1.54, 1.807) is 6.92 Å². The monoisotopic (exact) mass is 623 g/mol. The molecule has 0 fully saturated rings. The van der Waals surface area contributed by atoms with Crippen LogP contribution in [0.25, 0.3) is 11.0 Å². The van der Waals surface area contributed by atoms with E-state index in [1.165, 1.54) is 51.1 Å². The quantitative estimate of drug-likeness (QED) is 0.209. The van der Waals surface area contributed by atoms with Crippen LogP contribution >= 0.6 is 31.9 Å². The molecule has 0 N–H and O–H groups in total. The molecule has 0 saturated heterocycles. The zero-order chi connectivity index (χ0) is 26.7. The first-order chi connectivity index (χ1) is 17.0. The Kier molecular flexibility index (Phi) is 8.31. The van der Waals surface area contributed by atoms with Crippen molar-refractivity contribution < 1.29 is 37.8 Å². The molecule has 1 heterocycles. The summed E-state index contributed by atoms with van der Waals surface area (Å²) < 4.78 is 22.0. The van der Waals surface area contributed by atoms with Crippen molar-refractivity contribution in [3.63, 3.8) is 0 Å². The van der Waals surface area contributed by atoms with E-state index in [4.69, 9.17) is 18.6 Å². The van der Waals surface area contributed by atoms with Gasteiger partial charge in [-0.05, 0) is 63.0 Å². The predicted molar refractivity (Wildman–Crippen MR) is 136 cm³/mol. The predicted octanol–water partition coefficient (Wildman–Crippen LogP) is 5.11. The van der Waals surface area contributed by atoms with Crippen molar-refractivity contribution in [2.75, 3.05) is 11.5 Å². The normalized spacial score (nSPS) is 10.6. The fourth-order valence-electron chi connectivity index (χ4n) is 3.32. The Hall–Kier alpha value is -3.51. The standard InChI is InChI=1S/C24H19Br2NO9/c1-5-33-23(31)19-22(15-7-6-14(34-13(4)30)10-18(15)36-24(19)32)35-17-9-8-16(25)21(20(17)26)27(11(2)28)12(3)29/h6-10H,5H2,1-4H3. The lowest BCUT2D eigenvalue weighted by molar-refractivity contribution is -0.132. The molecule has 0 bridgehead atoms. The van der Waals surface area contributed by atoms with Crippen LogP contribution in [-0.4, -0.2) is 30.4 Å². The maximum atomic E-state index is 12.8. The number of imide groups is 1. The molecule has 12 heteroatoms. The van der Waals surface area contributed by atoms with Crippen LogP contribution in [0.5, 0.6) is 17.2 Å². The van der Waals surface area contributed by atoms with Gasteiger partial charge in [-0.15, -0.1) is 0 Å². The average molecular weight is 625 g/mol. The Morgan fingerprint density at radius 1 is 1.00 bits per heavy atom. The van der Waals surface area contributed by atoms with Crippen molar-refractivity contribution in [2.45, 2.75) is 27.7 Å². The third-order valence-electron chi connectivity index (χ3n) is 4.67. The maximum absolute atomic E-state index is 12.8. The molecule has 0 aliphatic rings. The van der Waals surface area contributed by atoms with Crippen molar-refractivity contribution in [3.8, 4) is 17.2 Å². The minimum atomic E-state index is -1.04. The number of esters is 2. The van der Waals surface area contributed by atoms with E-state index in [2.05, 4.69) is 31.9 Å². The molecule has 0 aliphatic carbocycles. The Morgan fingerprint density at radius 3 is 2.25 bits per heavy atom. The van der Waals surface area contributed by atoms with Gasteiger partial charge in [0.15, 0.2) is 11.3 Å². The molecule has 188 valence electrons. The molecule has 0 unspecified atom stereocenters. The zero-order valence-electron chi connectivity index (χ0n) is 19.5. The summed E-state index contributed by atoms with van der Waals surface area (Å²) in [6, 6.07) is 7.21. The van der Waals surface area contributed by atoms with Gasteiger partial charge in [0, 0.05) is 31.3 Å². The van der Waals surface area contributed by atoms with Gasteiger partial charge in [-0.1, -0.05) is 0 Å². The van der Waals surface area contributed by atoms with Crippen molar-refractivity contribution >= 4 is 72.3 Å². The van der Waals surface area contributed by atoms with E-state index in [0.29, 0.717) is 4.47 Å². The molecule has 0 saturated carbocycles. The molecule has 0 aliphatic heterocycles. The first kappa shape index (κ1) is 27.1. The molecular weight excluding hydrogens is 606 g/mol. The van der Waals surface area contributed by atoms with E-state index in [9.17, 15) is 24.0 Å². The molecule has 36 heavy (non-hydrogen) atoms. The number of carbonyl (C=O) groups excluding carboxylic acids is 4. The Labute approximate surface area is 221 Å². The molecule has 2 aromatic carbocycles. The molecular formula is C24H19Br2NO9. The second-order valence-corrected chi connectivity index (χ2v) is 8.90. The van der Waals surface area contributed by atoms with Crippen LogP contribution in [0.2, 0.25) is 0 Å². The fourth-order valence-corrected chi connectivity index (χ4v) is 4.70. The number of hydrogen-bond donors (Lipinski definition) is 0. The third kappa shape index (κ3) is 5.49. The van der Waals surface area contributed by atoms with Gasteiger partial charge in [0.25, 0.3) is 0 Å². The van der Waals surface area contributed by atoms with Crippen molar-refractivity contribution in [1.82, 2.24) is 0 Å². The van der Waals surface area contributed by atoms with Crippen molar-refractivity contribution in [1.29, 1.82) is 0 Å². The maximum Gasteiger partial charge on any atom is 0.354 e. The first-order valence-corrected chi connectivity index (χ1v) is 12.0. The van der Waals surface area contributed by atoms with Crippen LogP contribution in [0.4, 0.5) is 5.69 Å². The van der Waals surface area contributed by atoms with Crippen LogP contribution < -0.4 is 20.0 Å². The van der Waals surface area contributed by atoms with Crippen LogP contribution in [0.15, 0.2) is 48.5 Å². The number of anilines is 1. The number of hydrogen-bond acceptors (Lipinski definition) is 9. The van der Waals surface area contributed by atoms with Crippen LogP contribution in [0, 0.1) is 0 Å². The Morgan fingerprint density at radius 2 is 1.67 bits per heavy atom. The Balaban J connectivity index is 2.28. The minimum Gasteiger partial charge on any atom is -0.462 e. The van der Waals surface area contributed by atoms with E-state index < -0.39 is 34.9 Å². The summed E-state index contributed by atoms with van der Waals surface area (Å²) in [5.41, 5.74) is -1.41. The summed E-state index contributed by atoms with van der Waals surface area (Å²) in [4.78, 5) is 62.1. The van der Waals surface area contributed by atoms with Gasteiger partial charge in [-0.2, -0.15) is 0 Å². The number of rotatable bonds is 6. The SMILES string of the molecule is CCOC(=O)c1c(Oc2ccc(Br)c(N(C(C)=O)C(C)=O)c2Br)c2ccc(OC(C)=O)cc2oc1=O. The van der Waals surface area contributed by atoms with E-state index in [1.807, 2.05) is 0 Å². The topological polar surface area (TPSA) is 129 Å². The lowest BCUT2D eigenvalue weighted by Gasteiger charge is -2.22. The number of ether oxygens (including phenoxy) is 3. The van der Waals surface area contributed by atoms with Gasteiger partial charge < -0.3 is 18.6 Å². The molecule has 0 spiro atoms. The second kappa shape index (κ2) is 11.0. The number of carbonyl (C=O) groups is 4.